The molecule has 0 aliphatic carbocycles. The molecule has 0 saturated heterocycles. The summed E-state index contributed by atoms with van der Waals surface area (Å²) in [4.78, 5) is 2.53. The minimum Gasteiger partial charge on any atom is -0.383 e. The van der Waals surface area contributed by atoms with Crippen LogP contribution in [-0.4, -0.2) is 50.8 Å². The molecule has 1 unspecified atom stereocenters. The predicted molar refractivity (Wildman–Crippen MR) is 66.3 cm³/mol. The number of rotatable bonds is 9. The molecule has 0 aliphatic heterocycles. The van der Waals surface area contributed by atoms with Crippen LogP contribution in [0.5, 0.6) is 0 Å². The summed E-state index contributed by atoms with van der Waals surface area (Å²) in [7, 11) is 3.79. The van der Waals surface area contributed by atoms with Crippen LogP contribution in [0.1, 0.15) is 33.6 Å². The lowest BCUT2D eigenvalue weighted by Gasteiger charge is -2.32. The van der Waals surface area contributed by atoms with Crippen LogP contribution < -0.4 is 5.32 Å². The summed E-state index contributed by atoms with van der Waals surface area (Å²) in [5.74, 6) is 0. The van der Waals surface area contributed by atoms with Gasteiger partial charge < -0.3 is 10.1 Å². The van der Waals surface area contributed by atoms with Gasteiger partial charge in [0, 0.05) is 32.3 Å². The fourth-order valence-electron chi connectivity index (χ4n) is 1.88. The summed E-state index contributed by atoms with van der Waals surface area (Å²) < 4.78 is 5.16. The number of likely N-dealkylation sites (N-methyl/N-ethyl adjacent to an activating group) is 1. The van der Waals surface area contributed by atoms with E-state index in [2.05, 4.69) is 31.0 Å². The molecule has 0 bridgehead atoms. The zero-order valence-corrected chi connectivity index (χ0v) is 11.0. The third-order valence-corrected chi connectivity index (χ3v) is 3.04. The van der Waals surface area contributed by atoms with Crippen LogP contribution >= 0.6 is 0 Å². The minimum absolute atomic E-state index is 0.544. The highest BCUT2D eigenvalue weighted by Gasteiger charge is 2.16. The number of nitrogens with zero attached hydrogens (tertiary/aromatic N) is 1. The van der Waals surface area contributed by atoms with E-state index in [0.29, 0.717) is 12.1 Å². The first-order chi connectivity index (χ1) is 7.19. The molecule has 0 fully saturated rings. The molecule has 0 aromatic carbocycles. The molecule has 3 nitrogen and oxygen atoms in total. The monoisotopic (exact) mass is 216 g/mol. The van der Waals surface area contributed by atoms with Gasteiger partial charge >= 0.3 is 0 Å². The summed E-state index contributed by atoms with van der Waals surface area (Å²) in [6, 6.07) is 1.23. The smallest absolute Gasteiger partial charge is 0.0589 e. The van der Waals surface area contributed by atoms with E-state index in [0.717, 1.165) is 19.7 Å². The molecule has 3 heteroatoms. The largest absolute Gasteiger partial charge is 0.383 e. The zero-order valence-electron chi connectivity index (χ0n) is 11.0. The van der Waals surface area contributed by atoms with Crippen molar-refractivity contribution >= 4 is 0 Å². The van der Waals surface area contributed by atoms with Gasteiger partial charge in [-0.25, -0.2) is 0 Å². The second kappa shape index (κ2) is 9.13. The second-order valence-corrected chi connectivity index (χ2v) is 4.15. The molecule has 0 aromatic rings. The van der Waals surface area contributed by atoms with Crippen LogP contribution in [0.4, 0.5) is 0 Å². The average Bonchev–Trinajstić information content (AvgIpc) is 2.26. The Hall–Kier alpha value is -0.120. The van der Waals surface area contributed by atoms with E-state index in [9.17, 15) is 0 Å². The van der Waals surface area contributed by atoms with Gasteiger partial charge in [0.15, 0.2) is 0 Å². The maximum atomic E-state index is 5.16. The number of ether oxygens (including phenoxy) is 1. The molecular weight excluding hydrogens is 188 g/mol. The van der Waals surface area contributed by atoms with Crippen molar-refractivity contribution in [3.05, 3.63) is 0 Å². The van der Waals surface area contributed by atoms with Gasteiger partial charge in [-0.15, -0.1) is 0 Å². The number of hydrogen-bond donors (Lipinski definition) is 1. The summed E-state index contributed by atoms with van der Waals surface area (Å²) in [5.41, 5.74) is 0. The van der Waals surface area contributed by atoms with Crippen molar-refractivity contribution < 1.29 is 4.74 Å². The van der Waals surface area contributed by atoms with Crippen LogP contribution in [0.25, 0.3) is 0 Å². The van der Waals surface area contributed by atoms with Gasteiger partial charge in [0.2, 0.25) is 0 Å². The first kappa shape index (κ1) is 14.9. The molecule has 0 amide bonds. The van der Waals surface area contributed by atoms with Gasteiger partial charge in [-0.2, -0.15) is 0 Å². The Morgan fingerprint density at radius 1 is 1.27 bits per heavy atom. The highest BCUT2D eigenvalue weighted by Crippen LogP contribution is 2.08. The Morgan fingerprint density at radius 3 is 2.27 bits per heavy atom. The Kier molecular flexibility index (Phi) is 9.06. The molecule has 1 N–H and O–H groups in total. The molecule has 15 heavy (non-hydrogen) atoms. The minimum atomic E-state index is 0.544. The van der Waals surface area contributed by atoms with Crippen molar-refractivity contribution in [2.75, 3.05) is 33.9 Å². The van der Waals surface area contributed by atoms with Crippen LogP contribution in [0.15, 0.2) is 0 Å². The maximum Gasteiger partial charge on any atom is 0.0589 e. The van der Waals surface area contributed by atoms with Gasteiger partial charge in [0.1, 0.15) is 0 Å². The lowest BCUT2D eigenvalue weighted by molar-refractivity contribution is 0.109. The van der Waals surface area contributed by atoms with E-state index in [1.807, 2.05) is 7.05 Å². The molecule has 0 rings (SSSR count). The van der Waals surface area contributed by atoms with Gasteiger partial charge in [0.25, 0.3) is 0 Å². The molecular formula is C12H28N2O. The summed E-state index contributed by atoms with van der Waals surface area (Å²) >= 11 is 0. The SMILES string of the molecule is CCC(CC)N(CCOC)CC(C)NC. The predicted octanol–water partition coefficient (Wildman–Crippen LogP) is 1.73. The Balaban J connectivity index is 4.14. The van der Waals surface area contributed by atoms with Crippen LogP contribution in [0, 0.1) is 0 Å². The van der Waals surface area contributed by atoms with Crippen molar-refractivity contribution in [1.82, 2.24) is 10.2 Å². The van der Waals surface area contributed by atoms with E-state index in [-0.39, 0.29) is 0 Å². The molecule has 0 heterocycles. The van der Waals surface area contributed by atoms with E-state index in [1.54, 1.807) is 7.11 Å². The molecule has 0 spiro atoms. The van der Waals surface area contributed by atoms with Crippen LogP contribution in [0.3, 0.4) is 0 Å². The highest BCUT2D eigenvalue weighted by molar-refractivity contribution is 4.73. The van der Waals surface area contributed by atoms with E-state index in [4.69, 9.17) is 4.74 Å². The molecule has 0 aliphatic rings. The normalized spacial score (nSPS) is 13.8. The van der Waals surface area contributed by atoms with Crippen molar-refractivity contribution in [2.45, 2.75) is 45.7 Å². The van der Waals surface area contributed by atoms with E-state index >= 15 is 0 Å². The third-order valence-electron chi connectivity index (χ3n) is 3.04. The van der Waals surface area contributed by atoms with Gasteiger partial charge in [-0.05, 0) is 26.8 Å². The average molecular weight is 216 g/mol. The van der Waals surface area contributed by atoms with Crippen LogP contribution in [-0.2, 0) is 4.74 Å². The first-order valence-corrected chi connectivity index (χ1v) is 6.09. The van der Waals surface area contributed by atoms with Crippen molar-refractivity contribution in [3.63, 3.8) is 0 Å². The van der Waals surface area contributed by atoms with Crippen LogP contribution in [0.2, 0.25) is 0 Å². The number of nitrogens with one attached hydrogen (secondary N) is 1. The van der Waals surface area contributed by atoms with Crippen molar-refractivity contribution in [3.8, 4) is 0 Å². The van der Waals surface area contributed by atoms with Gasteiger partial charge in [0.05, 0.1) is 6.61 Å². The fourth-order valence-corrected chi connectivity index (χ4v) is 1.88. The quantitative estimate of drug-likeness (QED) is 0.635. The van der Waals surface area contributed by atoms with Crippen molar-refractivity contribution in [2.24, 2.45) is 0 Å². The highest BCUT2D eigenvalue weighted by atomic mass is 16.5. The molecule has 0 radical (unpaired) electrons. The Morgan fingerprint density at radius 2 is 1.87 bits per heavy atom. The molecule has 1 atom stereocenters. The topological polar surface area (TPSA) is 24.5 Å². The molecule has 92 valence electrons. The van der Waals surface area contributed by atoms with E-state index < -0.39 is 0 Å². The second-order valence-electron chi connectivity index (χ2n) is 4.15. The lowest BCUT2D eigenvalue weighted by atomic mass is 10.1. The summed E-state index contributed by atoms with van der Waals surface area (Å²) in [6.45, 7) is 9.71. The van der Waals surface area contributed by atoms with Gasteiger partial charge in [-0.3, -0.25) is 4.90 Å². The molecule has 0 aromatic heterocycles. The summed E-state index contributed by atoms with van der Waals surface area (Å²) in [5, 5.41) is 3.29. The maximum absolute atomic E-state index is 5.16. The van der Waals surface area contributed by atoms with E-state index in [1.165, 1.54) is 12.8 Å². The third kappa shape index (κ3) is 6.13. The Bertz CT molecular complexity index is 138. The lowest BCUT2D eigenvalue weighted by Crippen LogP contribution is -2.44. The molecule has 0 saturated carbocycles. The number of methoxy groups -OCH3 is 1. The summed E-state index contributed by atoms with van der Waals surface area (Å²) in [6.07, 6.45) is 2.44. The number of hydrogen-bond acceptors (Lipinski definition) is 3. The zero-order chi connectivity index (χ0) is 11.7. The van der Waals surface area contributed by atoms with Gasteiger partial charge in [-0.1, -0.05) is 13.8 Å². The Labute approximate surface area is 95.2 Å². The van der Waals surface area contributed by atoms with Crippen molar-refractivity contribution in [1.29, 1.82) is 0 Å². The standard InChI is InChI=1S/C12H28N2O/c1-6-12(7-2)14(8-9-15-5)10-11(3)13-4/h11-13H,6-10H2,1-5H3. The fraction of sp³-hybridized carbons (Fsp3) is 1.00. The first-order valence-electron chi connectivity index (χ1n) is 6.09.